The highest BCUT2D eigenvalue weighted by molar-refractivity contribution is 6.48. The van der Waals surface area contributed by atoms with E-state index in [9.17, 15) is 13.6 Å². The van der Waals surface area contributed by atoms with E-state index in [-0.39, 0.29) is 11.9 Å². The Hall–Kier alpha value is -1.73. The molecule has 1 aromatic rings. The predicted octanol–water partition coefficient (Wildman–Crippen LogP) is 4.17. The molecule has 0 amide bonds. The van der Waals surface area contributed by atoms with Gasteiger partial charge in [0.05, 0.1) is 23.9 Å². The fourth-order valence-corrected chi connectivity index (χ4v) is 2.44. The first-order chi connectivity index (χ1) is 11.1. The minimum absolute atomic E-state index is 0.0766. The van der Waals surface area contributed by atoms with Crippen molar-refractivity contribution in [1.82, 2.24) is 0 Å². The van der Waals surface area contributed by atoms with Crippen LogP contribution in [0.3, 0.4) is 0 Å². The highest BCUT2D eigenvalue weighted by Crippen LogP contribution is 2.40. The highest BCUT2D eigenvalue weighted by Gasteiger charge is 2.51. The summed E-state index contributed by atoms with van der Waals surface area (Å²) in [4.78, 5) is 11.4. The van der Waals surface area contributed by atoms with Gasteiger partial charge < -0.3 is 14.0 Å². The highest BCUT2D eigenvalue weighted by atomic mass is 19.3. The lowest BCUT2D eigenvalue weighted by Gasteiger charge is -2.32. The van der Waals surface area contributed by atoms with Crippen LogP contribution in [-0.4, -0.2) is 31.4 Å². The molecule has 0 spiro atoms. The van der Waals surface area contributed by atoms with E-state index in [1.807, 2.05) is 27.7 Å². The van der Waals surface area contributed by atoms with Crippen LogP contribution in [0.1, 0.15) is 43.6 Å². The van der Waals surface area contributed by atoms with Crippen molar-refractivity contribution in [1.29, 1.82) is 0 Å². The van der Waals surface area contributed by atoms with Crippen molar-refractivity contribution in [2.24, 2.45) is 0 Å². The van der Waals surface area contributed by atoms with Crippen LogP contribution in [0.15, 0.2) is 30.3 Å². The summed E-state index contributed by atoms with van der Waals surface area (Å²) in [6.07, 6.45) is -1.87. The van der Waals surface area contributed by atoms with Crippen molar-refractivity contribution in [3.63, 3.8) is 0 Å². The summed E-state index contributed by atoms with van der Waals surface area (Å²) in [6, 6.07) is 5.83. The second-order valence-electron chi connectivity index (χ2n) is 6.70. The number of methoxy groups -OCH3 is 1. The molecule has 7 heteroatoms. The zero-order chi connectivity index (χ0) is 18.1. The number of rotatable bonds is 4. The fraction of sp³-hybridized carbons (Fsp3) is 0.471. The maximum atomic E-state index is 13.4. The maximum absolute atomic E-state index is 13.4. The van der Waals surface area contributed by atoms with E-state index in [2.05, 4.69) is 4.74 Å². The molecule has 0 atom stereocenters. The van der Waals surface area contributed by atoms with Crippen molar-refractivity contribution in [3.8, 4) is 0 Å². The average Bonchev–Trinajstić information content (AvgIpc) is 2.71. The second kappa shape index (κ2) is 6.65. The van der Waals surface area contributed by atoms with Gasteiger partial charge in [-0.05, 0) is 45.4 Å². The van der Waals surface area contributed by atoms with E-state index in [0.29, 0.717) is 11.1 Å². The molecule has 0 bridgehead atoms. The molecule has 0 unspecified atom stereocenters. The van der Waals surface area contributed by atoms with E-state index >= 15 is 0 Å². The Bertz CT molecular complexity index is 633. The number of hydrogen-bond acceptors (Lipinski definition) is 4. The summed E-state index contributed by atoms with van der Waals surface area (Å²) >= 11 is 0. The van der Waals surface area contributed by atoms with Gasteiger partial charge in [0.25, 0.3) is 6.08 Å². The SMILES string of the molecule is COC(=O)c1ccc(C(CB2OC(C)(C)C(C)(C)O2)=C(F)F)cc1. The van der Waals surface area contributed by atoms with Gasteiger partial charge in [-0.25, -0.2) is 4.79 Å². The molecule has 1 fully saturated rings. The van der Waals surface area contributed by atoms with E-state index in [0.717, 1.165) is 0 Å². The number of allylic oxidation sites excluding steroid dienone is 1. The topological polar surface area (TPSA) is 44.8 Å². The summed E-state index contributed by atoms with van der Waals surface area (Å²) in [5, 5.41) is 0. The molecule has 24 heavy (non-hydrogen) atoms. The number of benzene rings is 1. The molecular weight excluding hydrogens is 317 g/mol. The van der Waals surface area contributed by atoms with Crippen molar-refractivity contribution < 1.29 is 27.6 Å². The average molecular weight is 338 g/mol. The number of hydrogen-bond donors (Lipinski definition) is 0. The molecule has 0 N–H and O–H groups in total. The largest absolute Gasteiger partial charge is 0.465 e. The van der Waals surface area contributed by atoms with Crippen LogP contribution in [0.2, 0.25) is 6.32 Å². The van der Waals surface area contributed by atoms with E-state index in [4.69, 9.17) is 9.31 Å². The van der Waals surface area contributed by atoms with Crippen LogP contribution >= 0.6 is 0 Å². The van der Waals surface area contributed by atoms with Gasteiger partial charge in [0, 0.05) is 11.9 Å². The Morgan fingerprint density at radius 2 is 1.50 bits per heavy atom. The molecule has 0 radical (unpaired) electrons. The van der Waals surface area contributed by atoms with Crippen molar-refractivity contribution >= 4 is 18.7 Å². The number of carbonyl (C=O) groups excluding carboxylic acids is 1. The van der Waals surface area contributed by atoms with Gasteiger partial charge in [0.1, 0.15) is 0 Å². The Balaban J connectivity index is 2.20. The third kappa shape index (κ3) is 3.67. The normalized spacial score (nSPS) is 18.4. The number of esters is 1. The molecule has 0 aliphatic carbocycles. The van der Waals surface area contributed by atoms with Gasteiger partial charge in [0.15, 0.2) is 0 Å². The van der Waals surface area contributed by atoms with Gasteiger partial charge in [-0.2, -0.15) is 8.78 Å². The van der Waals surface area contributed by atoms with Crippen LogP contribution in [0.25, 0.3) is 5.57 Å². The number of ether oxygens (including phenoxy) is 1. The van der Waals surface area contributed by atoms with Gasteiger partial charge in [-0.3, -0.25) is 0 Å². The summed E-state index contributed by atoms with van der Waals surface area (Å²) in [5.41, 5.74) is -0.702. The monoisotopic (exact) mass is 338 g/mol. The third-order valence-corrected chi connectivity index (χ3v) is 4.56. The van der Waals surface area contributed by atoms with Crippen LogP contribution in [0, 0.1) is 0 Å². The van der Waals surface area contributed by atoms with Crippen molar-refractivity contribution in [2.75, 3.05) is 7.11 Å². The first-order valence-electron chi connectivity index (χ1n) is 7.66. The lowest BCUT2D eigenvalue weighted by molar-refractivity contribution is 0.00578. The molecule has 0 aromatic heterocycles. The number of halogens is 2. The first-order valence-corrected chi connectivity index (χ1v) is 7.66. The summed E-state index contributed by atoms with van der Waals surface area (Å²) < 4.78 is 43.0. The van der Waals surface area contributed by atoms with E-state index < -0.39 is 30.4 Å². The second-order valence-corrected chi connectivity index (χ2v) is 6.70. The molecule has 1 aliphatic rings. The molecule has 130 valence electrons. The molecule has 1 saturated heterocycles. The molecular formula is C17H21BF2O4. The Morgan fingerprint density at radius 1 is 1.04 bits per heavy atom. The van der Waals surface area contributed by atoms with Crippen molar-refractivity contribution in [2.45, 2.75) is 45.2 Å². The van der Waals surface area contributed by atoms with Gasteiger partial charge in [-0.1, -0.05) is 12.1 Å². The minimum Gasteiger partial charge on any atom is -0.465 e. The molecule has 1 heterocycles. The summed E-state index contributed by atoms with van der Waals surface area (Å²) in [7, 11) is 0.507. The zero-order valence-electron chi connectivity index (χ0n) is 14.5. The minimum atomic E-state index is -1.80. The number of carbonyl (C=O) groups is 1. The molecule has 2 rings (SSSR count). The summed E-state index contributed by atoms with van der Waals surface area (Å²) in [6.45, 7) is 7.47. The third-order valence-electron chi connectivity index (χ3n) is 4.56. The lowest BCUT2D eigenvalue weighted by Crippen LogP contribution is -2.41. The van der Waals surface area contributed by atoms with E-state index in [1.54, 1.807) is 0 Å². The van der Waals surface area contributed by atoms with Gasteiger partial charge in [-0.15, -0.1) is 0 Å². The lowest BCUT2D eigenvalue weighted by atomic mass is 9.78. The van der Waals surface area contributed by atoms with Crippen LogP contribution in [-0.2, 0) is 14.0 Å². The Kier molecular flexibility index (Phi) is 5.15. The zero-order valence-corrected chi connectivity index (χ0v) is 14.5. The predicted molar refractivity (Wildman–Crippen MR) is 87.8 cm³/mol. The van der Waals surface area contributed by atoms with Crippen LogP contribution in [0.5, 0.6) is 0 Å². The fourth-order valence-electron chi connectivity index (χ4n) is 2.44. The van der Waals surface area contributed by atoms with E-state index in [1.165, 1.54) is 31.4 Å². The molecule has 0 saturated carbocycles. The Morgan fingerprint density at radius 3 is 1.92 bits per heavy atom. The molecule has 4 nitrogen and oxygen atoms in total. The summed E-state index contributed by atoms with van der Waals surface area (Å²) in [5.74, 6) is -0.515. The smallest absolute Gasteiger partial charge is 0.462 e. The van der Waals surface area contributed by atoms with Crippen molar-refractivity contribution in [3.05, 3.63) is 41.5 Å². The first kappa shape index (κ1) is 18.6. The maximum Gasteiger partial charge on any atom is 0.462 e. The van der Waals surface area contributed by atoms with Gasteiger partial charge >= 0.3 is 13.1 Å². The quantitative estimate of drug-likeness (QED) is 0.610. The molecule has 1 aliphatic heterocycles. The standard InChI is InChI=1S/C17H21BF2O4/c1-16(2)17(3,4)24-18(23-16)10-13(14(19)20)11-6-8-12(9-7-11)15(21)22-5/h6-9H,10H2,1-5H3. The molecule has 1 aromatic carbocycles. The van der Waals surface area contributed by atoms with Crippen LogP contribution < -0.4 is 0 Å². The Labute approximate surface area is 140 Å². The van der Waals surface area contributed by atoms with Crippen LogP contribution in [0.4, 0.5) is 8.78 Å². The van der Waals surface area contributed by atoms with Gasteiger partial charge in [0.2, 0.25) is 0 Å².